The fourth-order valence-electron chi connectivity index (χ4n) is 2.48. The molecule has 6 heteroatoms. The zero-order valence-electron chi connectivity index (χ0n) is 12.8. The molecule has 1 saturated heterocycles. The van der Waals surface area contributed by atoms with Crippen LogP contribution in [0.2, 0.25) is 0 Å². The third-order valence-corrected chi connectivity index (χ3v) is 4.53. The summed E-state index contributed by atoms with van der Waals surface area (Å²) in [6.45, 7) is 0.261. The van der Waals surface area contributed by atoms with Crippen LogP contribution in [0.15, 0.2) is 48.5 Å². The standard InChI is InChI=1S/C18H15IN2O3/c19-14-5-7-15(8-6-14)20-18(24)13-3-1-12(2-4-13)11-21-16(22)9-10-17(21)23/h1-8H,9-11H2,(H,20,24). The van der Waals surface area contributed by atoms with Gasteiger partial charge in [-0.05, 0) is 64.6 Å². The summed E-state index contributed by atoms with van der Waals surface area (Å²) >= 11 is 2.20. The number of hydrogen-bond acceptors (Lipinski definition) is 3. The van der Waals surface area contributed by atoms with Crippen molar-refractivity contribution in [2.45, 2.75) is 19.4 Å². The number of anilines is 1. The van der Waals surface area contributed by atoms with E-state index in [4.69, 9.17) is 0 Å². The predicted octanol–water partition coefficient (Wildman–Crippen LogP) is 3.19. The molecule has 0 atom stereocenters. The largest absolute Gasteiger partial charge is 0.322 e. The summed E-state index contributed by atoms with van der Waals surface area (Å²) in [6, 6.07) is 14.5. The van der Waals surface area contributed by atoms with Crippen molar-refractivity contribution in [2.75, 3.05) is 5.32 Å². The smallest absolute Gasteiger partial charge is 0.255 e. The number of likely N-dealkylation sites (tertiary alicyclic amines) is 1. The molecule has 0 aromatic heterocycles. The molecule has 1 fully saturated rings. The Balaban J connectivity index is 1.65. The maximum atomic E-state index is 12.2. The lowest BCUT2D eigenvalue weighted by molar-refractivity contribution is -0.139. The average molecular weight is 434 g/mol. The van der Waals surface area contributed by atoms with Gasteiger partial charge in [0.25, 0.3) is 5.91 Å². The normalized spacial score (nSPS) is 14.1. The highest BCUT2D eigenvalue weighted by Gasteiger charge is 2.28. The van der Waals surface area contributed by atoms with Gasteiger partial charge >= 0.3 is 0 Å². The lowest BCUT2D eigenvalue weighted by atomic mass is 10.1. The summed E-state index contributed by atoms with van der Waals surface area (Å²) < 4.78 is 1.10. The van der Waals surface area contributed by atoms with E-state index in [2.05, 4.69) is 27.9 Å². The number of carbonyl (C=O) groups excluding carboxylic acids is 3. The van der Waals surface area contributed by atoms with Gasteiger partial charge in [-0.25, -0.2) is 0 Å². The molecular formula is C18H15IN2O3. The molecule has 2 aromatic carbocycles. The second kappa shape index (κ2) is 7.12. The molecule has 2 aromatic rings. The number of hydrogen-bond donors (Lipinski definition) is 1. The summed E-state index contributed by atoms with van der Waals surface area (Å²) in [6.07, 6.45) is 0.574. The fraction of sp³-hybridized carbons (Fsp3) is 0.167. The fourth-order valence-corrected chi connectivity index (χ4v) is 2.84. The molecule has 1 heterocycles. The van der Waals surface area contributed by atoms with Crippen molar-refractivity contribution >= 4 is 46.0 Å². The Kier molecular flexibility index (Phi) is 4.94. The van der Waals surface area contributed by atoms with Crippen molar-refractivity contribution in [3.8, 4) is 0 Å². The summed E-state index contributed by atoms with van der Waals surface area (Å²) in [4.78, 5) is 36.8. The first-order valence-electron chi connectivity index (χ1n) is 7.52. The molecule has 5 nitrogen and oxygen atoms in total. The van der Waals surface area contributed by atoms with E-state index in [1.54, 1.807) is 24.3 Å². The Hall–Kier alpha value is -2.22. The Morgan fingerprint density at radius 3 is 2.12 bits per heavy atom. The third kappa shape index (κ3) is 3.81. The van der Waals surface area contributed by atoms with Crippen LogP contribution < -0.4 is 5.32 Å². The van der Waals surface area contributed by atoms with E-state index in [1.165, 1.54) is 4.90 Å². The lowest BCUT2D eigenvalue weighted by Crippen LogP contribution is -2.28. The van der Waals surface area contributed by atoms with E-state index in [0.717, 1.165) is 14.8 Å². The van der Waals surface area contributed by atoms with Crippen LogP contribution in [0.3, 0.4) is 0 Å². The summed E-state index contributed by atoms with van der Waals surface area (Å²) in [5, 5.41) is 2.83. The first-order chi connectivity index (χ1) is 11.5. The number of rotatable bonds is 4. The Labute approximate surface area is 153 Å². The number of amides is 3. The number of benzene rings is 2. The van der Waals surface area contributed by atoms with Crippen LogP contribution in [0.1, 0.15) is 28.8 Å². The van der Waals surface area contributed by atoms with Crippen LogP contribution >= 0.6 is 22.6 Å². The predicted molar refractivity (Wildman–Crippen MR) is 98.3 cm³/mol. The highest BCUT2D eigenvalue weighted by Crippen LogP contribution is 2.17. The molecule has 3 rings (SSSR count). The van der Waals surface area contributed by atoms with Crippen LogP contribution in [-0.4, -0.2) is 22.6 Å². The van der Waals surface area contributed by atoms with Gasteiger partial charge in [-0.15, -0.1) is 0 Å². The minimum Gasteiger partial charge on any atom is -0.322 e. The summed E-state index contributed by atoms with van der Waals surface area (Å²) in [7, 11) is 0. The molecule has 24 heavy (non-hydrogen) atoms. The van der Waals surface area contributed by atoms with Crippen molar-refractivity contribution in [1.82, 2.24) is 4.90 Å². The van der Waals surface area contributed by atoms with Gasteiger partial charge in [-0.1, -0.05) is 12.1 Å². The molecular weight excluding hydrogens is 419 g/mol. The third-order valence-electron chi connectivity index (χ3n) is 3.81. The molecule has 0 radical (unpaired) electrons. The molecule has 1 aliphatic heterocycles. The molecule has 0 aliphatic carbocycles. The SMILES string of the molecule is O=C(Nc1ccc(I)cc1)c1ccc(CN2C(=O)CCC2=O)cc1. The van der Waals surface area contributed by atoms with Crippen molar-refractivity contribution in [3.05, 3.63) is 63.2 Å². The molecule has 0 bridgehead atoms. The monoisotopic (exact) mass is 434 g/mol. The summed E-state index contributed by atoms with van der Waals surface area (Å²) in [5.74, 6) is -0.475. The second-order valence-corrected chi connectivity index (χ2v) is 6.78. The lowest BCUT2D eigenvalue weighted by Gasteiger charge is -2.14. The van der Waals surface area contributed by atoms with Gasteiger partial charge in [0, 0.05) is 27.7 Å². The highest BCUT2D eigenvalue weighted by atomic mass is 127. The van der Waals surface area contributed by atoms with E-state index >= 15 is 0 Å². The van der Waals surface area contributed by atoms with E-state index in [9.17, 15) is 14.4 Å². The van der Waals surface area contributed by atoms with E-state index < -0.39 is 0 Å². The zero-order valence-corrected chi connectivity index (χ0v) is 14.9. The molecule has 122 valence electrons. The molecule has 3 amide bonds. The van der Waals surface area contributed by atoms with E-state index in [-0.39, 0.29) is 37.1 Å². The Morgan fingerprint density at radius 2 is 1.54 bits per heavy atom. The van der Waals surface area contributed by atoms with Crippen LogP contribution in [0.4, 0.5) is 5.69 Å². The first-order valence-corrected chi connectivity index (χ1v) is 8.60. The van der Waals surface area contributed by atoms with E-state index in [1.807, 2.05) is 24.3 Å². The quantitative estimate of drug-likeness (QED) is 0.594. The van der Waals surface area contributed by atoms with Crippen molar-refractivity contribution in [1.29, 1.82) is 0 Å². The van der Waals surface area contributed by atoms with Gasteiger partial charge in [-0.2, -0.15) is 0 Å². The number of nitrogens with zero attached hydrogens (tertiary/aromatic N) is 1. The number of halogens is 1. The van der Waals surface area contributed by atoms with Gasteiger partial charge in [-0.3, -0.25) is 19.3 Å². The Bertz CT molecular complexity index is 769. The zero-order chi connectivity index (χ0) is 17.1. The minimum atomic E-state index is -0.198. The van der Waals surface area contributed by atoms with Gasteiger partial charge in [0.2, 0.25) is 11.8 Å². The maximum Gasteiger partial charge on any atom is 0.255 e. The maximum absolute atomic E-state index is 12.2. The van der Waals surface area contributed by atoms with Crippen LogP contribution in [0.25, 0.3) is 0 Å². The Morgan fingerprint density at radius 1 is 0.958 bits per heavy atom. The average Bonchev–Trinajstić information content (AvgIpc) is 2.89. The molecule has 1 aliphatic rings. The highest BCUT2D eigenvalue weighted by molar-refractivity contribution is 14.1. The number of imide groups is 1. The van der Waals surface area contributed by atoms with Crippen LogP contribution in [0, 0.1) is 3.57 Å². The van der Waals surface area contributed by atoms with Crippen molar-refractivity contribution in [2.24, 2.45) is 0 Å². The van der Waals surface area contributed by atoms with Gasteiger partial charge in [0.05, 0.1) is 6.54 Å². The van der Waals surface area contributed by atoms with Gasteiger partial charge < -0.3 is 5.32 Å². The summed E-state index contributed by atoms with van der Waals surface area (Å²) in [5.41, 5.74) is 2.08. The molecule has 0 spiro atoms. The molecule has 0 unspecified atom stereocenters. The number of nitrogens with one attached hydrogen (secondary N) is 1. The topological polar surface area (TPSA) is 66.5 Å². The number of carbonyl (C=O) groups is 3. The van der Waals surface area contributed by atoms with Crippen LogP contribution in [-0.2, 0) is 16.1 Å². The first kappa shape index (κ1) is 16.6. The molecule has 1 N–H and O–H groups in total. The van der Waals surface area contributed by atoms with Crippen molar-refractivity contribution < 1.29 is 14.4 Å². The van der Waals surface area contributed by atoms with Gasteiger partial charge in [0.1, 0.15) is 0 Å². The minimum absolute atomic E-state index is 0.138. The van der Waals surface area contributed by atoms with E-state index in [0.29, 0.717) is 5.56 Å². The second-order valence-electron chi connectivity index (χ2n) is 5.53. The van der Waals surface area contributed by atoms with Crippen LogP contribution in [0.5, 0.6) is 0 Å². The van der Waals surface area contributed by atoms with Crippen molar-refractivity contribution in [3.63, 3.8) is 0 Å². The van der Waals surface area contributed by atoms with Gasteiger partial charge in [0.15, 0.2) is 0 Å². The molecule has 0 saturated carbocycles.